The largest absolute Gasteiger partial charge is 0.461 e. The van der Waals surface area contributed by atoms with Crippen LogP contribution in [0, 0.1) is 0 Å². The van der Waals surface area contributed by atoms with E-state index in [1.165, 1.54) is 17.6 Å². The van der Waals surface area contributed by atoms with Gasteiger partial charge in [0.05, 0.1) is 17.7 Å². The van der Waals surface area contributed by atoms with Gasteiger partial charge in [-0.2, -0.15) is 0 Å². The van der Waals surface area contributed by atoms with Gasteiger partial charge in [0.1, 0.15) is 0 Å². The molecule has 21 heavy (non-hydrogen) atoms. The summed E-state index contributed by atoms with van der Waals surface area (Å²) in [5, 5.41) is 5.58. The minimum Gasteiger partial charge on any atom is -0.461 e. The van der Waals surface area contributed by atoms with Gasteiger partial charge in [-0.3, -0.25) is 4.79 Å². The van der Waals surface area contributed by atoms with Gasteiger partial charge in [-0.05, 0) is 45.0 Å². The first kappa shape index (κ1) is 15.3. The third-order valence-corrected chi connectivity index (χ3v) is 3.63. The van der Waals surface area contributed by atoms with Gasteiger partial charge in [-0.1, -0.05) is 0 Å². The summed E-state index contributed by atoms with van der Waals surface area (Å²) >= 11 is 1.35. The topological polar surface area (TPSA) is 71.3 Å². The van der Waals surface area contributed by atoms with Gasteiger partial charge >= 0.3 is 6.03 Å². The normalized spacial score (nSPS) is 11.2. The van der Waals surface area contributed by atoms with Crippen molar-refractivity contribution in [2.24, 2.45) is 0 Å². The Labute approximate surface area is 127 Å². The molecule has 2 rings (SSSR count). The highest BCUT2D eigenvalue weighted by atomic mass is 32.1. The Morgan fingerprint density at radius 3 is 2.62 bits per heavy atom. The molecule has 2 amide bonds. The van der Waals surface area contributed by atoms with Gasteiger partial charge < -0.3 is 15.1 Å². The van der Waals surface area contributed by atoms with Crippen molar-refractivity contribution < 1.29 is 14.0 Å². The van der Waals surface area contributed by atoms with Gasteiger partial charge in [-0.25, -0.2) is 4.79 Å². The molecule has 0 bridgehead atoms. The highest BCUT2D eigenvalue weighted by Crippen LogP contribution is 2.20. The lowest BCUT2D eigenvalue weighted by Crippen LogP contribution is -2.46. The predicted octanol–water partition coefficient (Wildman–Crippen LogP) is 3.17. The van der Waals surface area contributed by atoms with Crippen LogP contribution in [0.25, 0.3) is 0 Å². The molecule has 0 aromatic carbocycles. The van der Waals surface area contributed by atoms with Crippen LogP contribution in [0.2, 0.25) is 0 Å². The summed E-state index contributed by atoms with van der Waals surface area (Å²) in [5.74, 6) is 0.178. The Morgan fingerprint density at radius 2 is 2.00 bits per heavy atom. The minimum absolute atomic E-state index is 0.143. The van der Waals surface area contributed by atoms with Crippen LogP contribution in [0.5, 0.6) is 0 Å². The first-order valence-corrected chi connectivity index (χ1v) is 7.40. The van der Waals surface area contributed by atoms with Crippen LogP contribution in [-0.4, -0.2) is 17.4 Å². The van der Waals surface area contributed by atoms with E-state index >= 15 is 0 Å². The molecule has 0 aliphatic rings. The average molecular weight is 306 g/mol. The van der Waals surface area contributed by atoms with Crippen LogP contribution in [0.4, 0.5) is 4.79 Å². The van der Waals surface area contributed by atoms with Crippen molar-refractivity contribution in [3.8, 4) is 0 Å². The smallest absolute Gasteiger partial charge is 0.315 e. The molecule has 0 saturated heterocycles. The Bertz CT molecular complexity index is 624. The number of amides is 2. The molecule has 2 aromatic heterocycles. The molecule has 6 heteroatoms. The summed E-state index contributed by atoms with van der Waals surface area (Å²) in [4.78, 5) is 25.2. The summed E-state index contributed by atoms with van der Waals surface area (Å²) in [5.41, 5.74) is -0.278. The standard InChI is InChI=1S/C15H18N2O3S/c1-15(2,3)17-14(19)16-9-10-6-7-12(21-10)13(18)11-5-4-8-20-11/h4-8H,9H2,1-3H3,(H2,16,17,19). The van der Waals surface area contributed by atoms with Gasteiger partial charge in [0.25, 0.3) is 0 Å². The van der Waals surface area contributed by atoms with Crippen LogP contribution >= 0.6 is 11.3 Å². The van der Waals surface area contributed by atoms with Gasteiger partial charge in [0, 0.05) is 10.4 Å². The van der Waals surface area contributed by atoms with Crippen molar-refractivity contribution in [2.45, 2.75) is 32.9 Å². The number of carbonyl (C=O) groups is 2. The maximum Gasteiger partial charge on any atom is 0.315 e. The van der Waals surface area contributed by atoms with E-state index in [4.69, 9.17) is 4.42 Å². The van der Waals surface area contributed by atoms with Crippen LogP contribution in [0.15, 0.2) is 34.9 Å². The molecule has 2 N–H and O–H groups in total. The van der Waals surface area contributed by atoms with E-state index in [1.54, 1.807) is 18.2 Å². The van der Waals surface area contributed by atoms with Crippen LogP contribution in [0.1, 0.15) is 41.1 Å². The van der Waals surface area contributed by atoms with E-state index in [2.05, 4.69) is 10.6 Å². The molecule has 112 valence electrons. The number of thiophene rings is 1. The first-order chi connectivity index (χ1) is 9.85. The van der Waals surface area contributed by atoms with Crippen molar-refractivity contribution >= 4 is 23.2 Å². The zero-order valence-electron chi connectivity index (χ0n) is 12.2. The molecule has 0 unspecified atom stereocenters. The fraction of sp³-hybridized carbons (Fsp3) is 0.333. The lowest BCUT2D eigenvalue weighted by Gasteiger charge is -2.20. The van der Waals surface area contributed by atoms with Crippen molar-refractivity contribution in [1.29, 1.82) is 0 Å². The van der Waals surface area contributed by atoms with E-state index in [0.717, 1.165) is 4.88 Å². The lowest BCUT2D eigenvalue weighted by molar-refractivity contribution is 0.101. The van der Waals surface area contributed by atoms with Gasteiger partial charge in [-0.15, -0.1) is 11.3 Å². The molecule has 0 saturated carbocycles. The summed E-state index contributed by atoms with van der Waals surface area (Å²) in [6.07, 6.45) is 1.47. The lowest BCUT2D eigenvalue weighted by atomic mass is 10.1. The maximum atomic E-state index is 12.1. The maximum absolute atomic E-state index is 12.1. The van der Waals surface area contributed by atoms with Crippen molar-refractivity contribution in [3.05, 3.63) is 46.0 Å². The third-order valence-electron chi connectivity index (χ3n) is 2.54. The number of ketones is 1. The third kappa shape index (κ3) is 4.46. The minimum atomic E-state index is -0.278. The second-order valence-electron chi connectivity index (χ2n) is 5.63. The fourth-order valence-corrected chi connectivity index (χ4v) is 2.57. The number of furan rings is 1. The monoisotopic (exact) mass is 306 g/mol. The summed E-state index contributed by atoms with van der Waals surface area (Å²) in [6.45, 7) is 6.13. The Kier molecular flexibility index (Phi) is 4.47. The quantitative estimate of drug-likeness (QED) is 0.852. The molecule has 0 radical (unpaired) electrons. The second kappa shape index (κ2) is 6.13. The molecule has 0 atom stereocenters. The van der Waals surface area contributed by atoms with E-state index < -0.39 is 0 Å². The van der Waals surface area contributed by atoms with E-state index in [1.807, 2.05) is 26.8 Å². The molecule has 0 aliphatic heterocycles. The molecule has 5 nitrogen and oxygen atoms in total. The van der Waals surface area contributed by atoms with Gasteiger partial charge in [0.15, 0.2) is 5.76 Å². The van der Waals surface area contributed by atoms with Crippen LogP contribution in [0.3, 0.4) is 0 Å². The van der Waals surface area contributed by atoms with Crippen LogP contribution in [-0.2, 0) is 6.54 Å². The van der Waals surface area contributed by atoms with E-state index in [-0.39, 0.29) is 17.4 Å². The SMILES string of the molecule is CC(C)(C)NC(=O)NCc1ccc(C(=O)c2ccco2)s1. The zero-order valence-corrected chi connectivity index (χ0v) is 13.0. The summed E-state index contributed by atoms with van der Waals surface area (Å²) < 4.78 is 5.09. The molecule has 0 fully saturated rings. The van der Waals surface area contributed by atoms with Crippen molar-refractivity contribution in [3.63, 3.8) is 0 Å². The molecule has 2 aromatic rings. The Balaban J connectivity index is 1.92. The summed E-state index contributed by atoms with van der Waals surface area (Å²) in [6, 6.07) is 6.67. The van der Waals surface area contributed by atoms with Crippen molar-refractivity contribution in [1.82, 2.24) is 10.6 Å². The number of hydrogen-bond acceptors (Lipinski definition) is 4. The number of nitrogens with one attached hydrogen (secondary N) is 2. The average Bonchev–Trinajstić information content (AvgIpc) is 3.05. The van der Waals surface area contributed by atoms with E-state index in [0.29, 0.717) is 17.2 Å². The summed E-state index contributed by atoms with van der Waals surface area (Å²) in [7, 11) is 0. The highest BCUT2D eigenvalue weighted by molar-refractivity contribution is 7.14. The number of carbonyl (C=O) groups excluding carboxylic acids is 2. The first-order valence-electron chi connectivity index (χ1n) is 6.58. The molecule has 0 aliphatic carbocycles. The van der Waals surface area contributed by atoms with Gasteiger partial charge in [0.2, 0.25) is 5.78 Å². The number of rotatable bonds is 4. The Morgan fingerprint density at radius 1 is 1.24 bits per heavy atom. The molecular formula is C15H18N2O3S. The van der Waals surface area contributed by atoms with E-state index in [9.17, 15) is 9.59 Å². The molecule has 0 spiro atoms. The number of hydrogen-bond donors (Lipinski definition) is 2. The highest BCUT2D eigenvalue weighted by Gasteiger charge is 2.16. The predicted molar refractivity (Wildman–Crippen MR) is 81.6 cm³/mol. The zero-order chi connectivity index (χ0) is 15.5. The molecule has 2 heterocycles. The fourth-order valence-electron chi connectivity index (χ4n) is 1.68. The molecular weight excluding hydrogens is 288 g/mol. The van der Waals surface area contributed by atoms with Crippen LogP contribution < -0.4 is 10.6 Å². The number of urea groups is 1. The van der Waals surface area contributed by atoms with Crippen molar-refractivity contribution in [2.75, 3.05) is 0 Å². The second-order valence-corrected chi connectivity index (χ2v) is 6.80. The Hall–Kier alpha value is -2.08.